The van der Waals surface area contributed by atoms with Gasteiger partial charge in [-0.15, -0.1) is 0 Å². The maximum Gasteiger partial charge on any atom is 0.185 e. The molecule has 0 radical (unpaired) electrons. The number of carbonyl (C=O) groups excluding carboxylic acids is 1. The van der Waals surface area contributed by atoms with Crippen molar-refractivity contribution in [3.8, 4) is 11.5 Å². The van der Waals surface area contributed by atoms with Crippen molar-refractivity contribution in [3.05, 3.63) is 82.7 Å². The fraction of sp³-hybridized carbons (Fsp3) is 0.217. The van der Waals surface area contributed by atoms with Crippen LogP contribution >= 0.6 is 0 Å². The third-order valence-electron chi connectivity index (χ3n) is 4.53. The maximum atomic E-state index is 12.4. The van der Waals surface area contributed by atoms with Crippen molar-refractivity contribution in [1.82, 2.24) is 9.78 Å². The molecule has 1 heterocycles. The molecule has 0 spiro atoms. The lowest BCUT2D eigenvalue weighted by atomic mass is 10.1. The molecule has 3 rings (SSSR count). The van der Waals surface area contributed by atoms with Crippen LogP contribution in [0.15, 0.2) is 54.6 Å². The van der Waals surface area contributed by atoms with Gasteiger partial charge in [0.25, 0.3) is 0 Å². The number of methoxy groups -OCH3 is 2. The van der Waals surface area contributed by atoms with Crippen molar-refractivity contribution in [2.24, 2.45) is 0 Å². The third kappa shape index (κ3) is 4.49. The Morgan fingerprint density at radius 2 is 1.79 bits per heavy atom. The molecule has 1 aromatic heterocycles. The van der Waals surface area contributed by atoms with E-state index in [-0.39, 0.29) is 5.78 Å². The summed E-state index contributed by atoms with van der Waals surface area (Å²) in [5.41, 5.74) is 4.63. The first-order valence-corrected chi connectivity index (χ1v) is 9.04. The molecule has 0 aliphatic heterocycles. The molecule has 3 aromatic rings. The zero-order valence-electron chi connectivity index (χ0n) is 16.6. The van der Waals surface area contributed by atoms with E-state index in [2.05, 4.69) is 5.10 Å². The van der Waals surface area contributed by atoms with Crippen LogP contribution in [0.3, 0.4) is 0 Å². The van der Waals surface area contributed by atoms with Gasteiger partial charge in [0, 0.05) is 16.8 Å². The third-order valence-corrected chi connectivity index (χ3v) is 4.53. The molecule has 2 aromatic carbocycles. The van der Waals surface area contributed by atoms with Crippen LogP contribution in [0, 0.1) is 13.8 Å². The number of hydrogen-bond donors (Lipinski definition) is 0. The van der Waals surface area contributed by atoms with Gasteiger partial charge in [0.2, 0.25) is 0 Å². The lowest BCUT2D eigenvalue weighted by Crippen LogP contribution is -2.05. The number of carbonyl (C=O) groups is 1. The van der Waals surface area contributed by atoms with Crippen molar-refractivity contribution < 1.29 is 14.3 Å². The molecular formula is C23H24N2O3. The van der Waals surface area contributed by atoms with E-state index in [1.165, 1.54) is 0 Å². The highest BCUT2D eigenvalue weighted by Gasteiger charge is 2.08. The molecule has 0 saturated heterocycles. The number of benzene rings is 2. The SMILES string of the molecule is COc1ccc(C(=O)/C=C/c2ccc(OC)c(Cn3nc(C)cc3C)c2)cc1. The van der Waals surface area contributed by atoms with Gasteiger partial charge in [0.15, 0.2) is 5.78 Å². The number of aromatic nitrogens is 2. The Balaban J connectivity index is 1.80. The average Bonchev–Trinajstić information content (AvgIpc) is 3.03. The van der Waals surface area contributed by atoms with Crippen LogP contribution in [0.2, 0.25) is 0 Å². The Morgan fingerprint density at radius 3 is 2.39 bits per heavy atom. The van der Waals surface area contributed by atoms with Gasteiger partial charge in [-0.1, -0.05) is 12.1 Å². The van der Waals surface area contributed by atoms with Gasteiger partial charge in [0.05, 0.1) is 26.5 Å². The molecule has 0 atom stereocenters. The summed E-state index contributed by atoms with van der Waals surface area (Å²) in [6.07, 6.45) is 3.40. The minimum atomic E-state index is -0.0569. The van der Waals surface area contributed by atoms with E-state index >= 15 is 0 Å². The zero-order chi connectivity index (χ0) is 20.1. The molecule has 0 amide bonds. The van der Waals surface area contributed by atoms with E-state index < -0.39 is 0 Å². The predicted molar refractivity (Wildman–Crippen MR) is 110 cm³/mol. The van der Waals surface area contributed by atoms with E-state index in [4.69, 9.17) is 9.47 Å². The van der Waals surface area contributed by atoms with Gasteiger partial charge in [-0.05, 0) is 68.0 Å². The highest BCUT2D eigenvalue weighted by Crippen LogP contribution is 2.22. The number of ketones is 1. The van der Waals surface area contributed by atoms with Crippen LogP contribution in [0.5, 0.6) is 11.5 Å². The second-order valence-corrected chi connectivity index (χ2v) is 6.58. The fourth-order valence-electron chi connectivity index (χ4n) is 3.05. The quantitative estimate of drug-likeness (QED) is 0.451. The molecule has 0 aliphatic rings. The molecule has 0 saturated carbocycles. The van der Waals surface area contributed by atoms with Gasteiger partial charge < -0.3 is 9.47 Å². The van der Waals surface area contributed by atoms with Gasteiger partial charge in [0.1, 0.15) is 11.5 Å². The monoisotopic (exact) mass is 376 g/mol. The van der Waals surface area contributed by atoms with Crippen molar-refractivity contribution in [1.29, 1.82) is 0 Å². The Kier molecular flexibility index (Phi) is 5.94. The summed E-state index contributed by atoms with van der Waals surface area (Å²) >= 11 is 0. The molecule has 28 heavy (non-hydrogen) atoms. The first kappa shape index (κ1) is 19.4. The Morgan fingerprint density at radius 1 is 1.04 bits per heavy atom. The van der Waals surface area contributed by atoms with E-state index in [9.17, 15) is 4.79 Å². The summed E-state index contributed by atoms with van der Waals surface area (Å²) in [4.78, 5) is 12.4. The lowest BCUT2D eigenvalue weighted by Gasteiger charge is -2.11. The van der Waals surface area contributed by atoms with Crippen LogP contribution in [-0.4, -0.2) is 29.8 Å². The highest BCUT2D eigenvalue weighted by atomic mass is 16.5. The number of rotatable bonds is 7. The molecule has 144 valence electrons. The Hall–Kier alpha value is -3.34. The zero-order valence-corrected chi connectivity index (χ0v) is 16.6. The molecule has 0 aliphatic carbocycles. The smallest absolute Gasteiger partial charge is 0.185 e. The van der Waals surface area contributed by atoms with E-state index in [1.807, 2.05) is 48.9 Å². The number of hydrogen-bond acceptors (Lipinski definition) is 4. The second-order valence-electron chi connectivity index (χ2n) is 6.58. The number of ether oxygens (including phenoxy) is 2. The summed E-state index contributed by atoms with van der Waals surface area (Å²) in [5, 5.41) is 4.52. The van der Waals surface area contributed by atoms with Crippen molar-refractivity contribution >= 4 is 11.9 Å². The van der Waals surface area contributed by atoms with Gasteiger partial charge in [-0.3, -0.25) is 9.48 Å². The first-order valence-electron chi connectivity index (χ1n) is 9.04. The average molecular weight is 376 g/mol. The van der Waals surface area contributed by atoms with Crippen LogP contribution in [0.1, 0.15) is 32.9 Å². The topological polar surface area (TPSA) is 53.4 Å². The normalized spacial score (nSPS) is 11.0. The summed E-state index contributed by atoms with van der Waals surface area (Å²) < 4.78 is 12.6. The van der Waals surface area contributed by atoms with E-state index in [0.717, 1.165) is 34.0 Å². The largest absolute Gasteiger partial charge is 0.497 e. The fourth-order valence-corrected chi connectivity index (χ4v) is 3.05. The van der Waals surface area contributed by atoms with E-state index in [0.29, 0.717) is 12.1 Å². The Labute approximate surface area is 165 Å². The molecule has 5 heteroatoms. The molecule has 0 N–H and O–H groups in total. The molecule has 5 nitrogen and oxygen atoms in total. The van der Waals surface area contributed by atoms with Crippen LogP contribution in [-0.2, 0) is 6.54 Å². The molecule has 0 bridgehead atoms. The predicted octanol–water partition coefficient (Wildman–Crippen LogP) is 4.46. The van der Waals surface area contributed by atoms with Crippen LogP contribution in [0.25, 0.3) is 6.08 Å². The number of allylic oxidation sites excluding steroid dienone is 1. The van der Waals surface area contributed by atoms with Crippen molar-refractivity contribution in [2.45, 2.75) is 20.4 Å². The highest BCUT2D eigenvalue weighted by molar-refractivity contribution is 6.06. The molecular weight excluding hydrogens is 352 g/mol. The van der Waals surface area contributed by atoms with Crippen LogP contribution < -0.4 is 9.47 Å². The van der Waals surface area contributed by atoms with Crippen molar-refractivity contribution in [2.75, 3.05) is 14.2 Å². The molecule has 0 fully saturated rings. The first-order chi connectivity index (χ1) is 13.5. The second kappa shape index (κ2) is 8.57. The van der Waals surface area contributed by atoms with E-state index in [1.54, 1.807) is 44.6 Å². The summed E-state index contributed by atoms with van der Waals surface area (Å²) in [5.74, 6) is 1.47. The summed E-state index contributed by atoms with van der Waals surface area (Å²) in [6.45, 7) is 4.62. The standard InChI is InChI=1S/C23H24N2O3/c1-16-13-17(2)25(24-16)15-20-14-18(6-12-23(20)28-4)5-11-22(26)19-7-9-21(27-3)10-8-19/h5-14H,15H2,1-4H3/b11-5+. The minimum absolute atomic E-state index is 0.0569. The number of nitrogens with zero attached hydrogens (tertiary/aromatic N) is 2. The number of aryl methyl sites for hydroxylation is 2. The van der Waals surface area contributed by atoms with Gasteiger partial charge >= 0.3 is 0 Å². The Bertz CT molecular complexity index is 1000. The lowest BCUT2D eigenvalue weighted by molar-refractivity contribution is 0.104. The van der Waals surface area contributed by atoms with Crippen LogP contribution in [0.4, 0.5) is 0 Å². The van der Waals surface area contributed by atoms with Crippen molar-refractivity contribution in [3.63, 3.8) is 0 Å². The minimum Gasteiger partial charge on any atom is -0.497 e. The summed E-state index contributed by atoms with van der Waals surface area (Å²) in [6, 6.07) is 15.0. The maximum absolute atomic E-state index is 12.4. The van der Waals surface area contributed by atoms with Gasteiger partial charge in [-0.25, -0.2) is 0 Å². The van der Waals surface area contributed by atoms with Gasteiger partial charge in [-0.2, -0.15) is 5.10 Å². The molecule has 0 unspecified atom stereocenters. The summed E-state index contributed by atoms with van der Waals surface area (Å²) in [7, 11) is 3.26.